The molecule has 0 atom stereocenters. The SMILES string of the molecule is Cc1c(C(=O)NC(C)C)sc(N)c1C(=O)c1ccccc1. The van der Waals surface area contributed by atoms with E-state index in [9.17, 15) is 9.59 Å². The summed E-state index contributed by atoms with van der Waals surface area (Å²) in [7, 11) is 0. The summed E-state index contributed by atoms with van der Waals surface area (Å²) in [4.78, 5) is 25.2. The molecule has 1 amide bonds. The maximum atomic E-state index is 12.5. The summed E-state index contributed by atoms with van der Waals surface area (Å²) in [5.41, 5.74) is 7.61. The number of rotatable bonds is 4. The predicted octanol–water partition coefficient (Wildman–Crippen LogP) is 3.01. The van der Waals surface area contributed by atoms with Gasteiger partial charge in [0.15, 0.2) is 5.78 Å². The number of anilines is 1. The lowest BCUT2D eigenvalue weighted by Gasteiger charge is -2.07. The fraction of sp³-hybridized carbons (Fsp3) is 0.250. The maximum Gasteiger partial charge on any atom is 0.261 e. The highest BCUT2D eigenvalue weighted by molar-refractivity contribution is 7.18. The molecular formula is C16H18N2O2S. The van der Waals surface area contributed by atoms with Crippen LogP contribution < -0.4 is 11.1 Å². The van der Waals surface area contributed by atoms with Crippen LogP contribution in [0.5, 0.6) is 0 Å². The molecule has 0 unspecified atom stereocenters. The number of nitrogens with one attached hydrogen (secondary N) is 1. The van der Waals surface area contributed by atoms with Crippen LogP contribution in [0.15, 0.2) is 30.3 Å². The number of nitrogens with two attached hydrogens (primary N) is 1. The van der Waals surface area contributed by atoms with Gasteiger partial charge in [-0.25, -0.2) is 0 Å². The Morgan fingerprint density at radius 3 is 2.38 bits per heavy atom. The van der Waals surface area contributed by atoms with E-state index in [1.165, 1.54) is 0 Å². The minimum atomic E-state index is -0.189. The molecule has 0 saturated carbocycles. The smallest absolute Gasteiger partial charge is 0.261 e. The average molecular weight is 302 g/mol. The molecule has 0 radical (unpaired) electrons. The number of hydrogen-bond donors (Lipinski definition) is 2. The van der Waals surface area contributed by atoms with Crippen molar-refractivity contribution >= 4 is 28.0 Å². The Hall–Kier alpha value is -2.14. The number of hydrogen-bond acceptors (Lipinski definition) is 4. The Kier molecular flexibility index (Phi) is 4.43. The maximum absolute atomic E-state index is 12.5. The second-order valence-corrected chi connectivity index (χ2v) is 6.17. The zero-order chi connectivity index (χ0) is 15.6. The van der Waals surface area contributed by atoms with Gasteiger partial charge in [-0.05, 0) is 26.3 Å². The molecule has 21 heavy (non-hydrogen) atoms. The van der Waals surface area contributed by atoms with Crippen molar-refractivity contribution in [2.45, 2.75) is 26.8 Å². The second-order valence-electron chi connectivity index (χ2n) is 5.12. The van der Waals surface area contributed by atoms with Gasteiger partial charge in [0.25, 0.3) is 5.91 Å². The average Bonchev–Trinajstić information content (AvgIpc) is 2.73. The van der Waals surface area contributed by atoms with Gasteiger partial charge in [-0.15, -0.1) is 11.3 Å². The number of carbonyl (C=O) groups excluding carboxylic acids is 2. The van der Waals surface area contributed by atoms with Gasteiger partial charge < -0.3 is 11.1 Å². The molecule has 0 saturated heterocycles. The summed E-state index contributed by atoms with van der Waals surface area (Å²) in [5, 5.41) is 3.21. The van der Waals surface area contributed by atoms with E-state index in [1.807, 2.05) is 19.9 Å². The topological polar surface area (TPSA) is 72.2 Å². The highest BCUT2D eigenvalue weighted by Crippen LogP contribution is 2.32. The quantitative estimate of drug-likeness (QED) is 0.853. The van der Waals surface area contributed by atoms with Crippen molar-refractivity contribution in [2.24, 2.45) is 0 Å². The Morgan fingerprint density at radius 1 is 1.19 bits per heavy atom. The monoisotopic (exact) mass is 302 g/mol. The van der Waals surface area contributed by atoms with E-state index in [0.29, 0.717) is 26.6 Å². The van der Waals surface area contributed by atoms with Crippen molar-refractivity contribution < 1.29 is 9.59 Å². The molecule has 1 aromatic carbocycles. The zero-order valence-electron chi connectivity index (χ0n) is 12.3. The standard InChI is InChI=1S/C16H18N2O2S/c1-9(2)18-16(20)14-10(3)12(15(17)21-14)13(19)11-7-5-4-6-8-11/h4-9H,17H2,1-3H3,(H,18,20). The number of amides is 1. The van der Waals surface area contributed by atoms with Gasteiger partial charge in [0.2, 0.25) is 0 Å². The van der Waals surface area contributed by atoms with Crippen LogP contribution in [-0.4, -0.2) is 17.7 Å². The third-order valence-corrected chi connectivity index (χ3v) is 4.18. The molecule has 0 aliphatic carbocycles. The van der Waals surface area contributed by atoms with Crippen molar-refractivity contribution in [1.29, 1.82) is 0 Å². The van der Waals surface area contributed by atoms with Gasteiger partial charge in [-0.1, -0.05) is 30.3 Å². The molecule has 5 heteroatoms. The van der Waals surface area contributed by atoms with Gasteiger partial charge in [0, 0.05) is 11.6 Å². The minimum absolute atomic E-state index is 0.0356. The van der Waals surface area contributed by atoms with Crippen LogP contribution in [0.4, 0.5) is 5.00 Å². The fourth-order valence-electron chi connectivity index (χ4n) is 2.10. The first-order valence-electron chi connectivity index (χ1n) is 6.71. The van der Waals surface area contributed by atoms with E-state index >= 15 is 0 Å². The molecule has 2 aromatic rings. The van der Waals surface area contributed by atoms with Crippen LogP contribution in [0.3, 0.4) is 0 Å². The number of nitrogen functional groups attached to an aromatic ring is 1. The fourth-order valence-corrected chi connectivity index (χ4v) is 3.07. The molecule has 0 fully saturated rings. The second kappa shape index (κ2) is 6.10. The van der Waals surface area contributed by atoms with E-state index in [-0.39, 0.29) is 17.7 Å². The zero-order valence-corrected chi connectivity index (χ0v) is 13.1. The lowest BCUT2D eigenvalue weighted by molar-refractivity contribution is 0.0946. The van der Waals surface area contributed by atoms with Crippen LogP contribution in [0.1, 0.15) is 45.0 Å². The summed E-state index contributed by atoms with van der Waals surface area (Å²) >= 11 is 1.16. The normalized spacial score (nSPS) is 10.7. The van der Waals surface area contributed by atoms with Crippen LogP contribution >= 0.6 is 11.3 Å². The number of ketones is 1. The van der Waals surface area contributed by atoms with Crippen molar-refractivity contribution in [3.8, 4) is 0 Å². The van der Waals surface area contributed by atoms with Gasteiger partial charge in [0.05, 0.1) is 15.4 Å². The Morgan fingerprint density at radius 2 is 1.81 bits per heavy atom. The first-order chi connectivity index (χ1) is 9.91. The highest BCUT2D eigenvalue weighted by Gasteiger charge is 2.24. The number of thiophene rings is 1. The molecule has 1 aromatic heterocycles. The van der Waals surface area contributed by atoms with E-state index in [0.717, 1.165) is 11.3 Å². The minimum Gasteiger partial charge on any atom is -0.390 e. The molecule has 2 rings (SSSR count). The van der Waals surface area contributed by atoms with Gasteiger partial charge in [-0.2, -0.15) is 0 Å². The first-order valence-corrected chi connectivity index (χ1v) is 7.53. The summed E-state index contributed by atoms with van der Waals surface area (Å²) in [6.07, 6.45) is 0. The van der Waals surface area contributed by atoms with Gasteiger partial charge in [-0.3, -0.25) is 9.59 Å². The summed E-state index contributed by atoms with van der Waals surface area (Å²) in [6.45, 7) is 5.54. The van der Waals surface area contributed by atoms with E-state index in [1.54, 1.807) is 31.2 Å². The molecule has 0 spiro atoms. The molecule has 0 aliphatic rings. The summed E-state index contributed by atoms with van der Waals surface area (Å²) in [6, 6.07) is 8.98. The van der Waals surface area contributed by atoms with Crippen molar-refractivity contribution in [3.63, 3.8) is 0 Å². The molecule has 0 aliphatic heterocycles. The first kappa shape index (κ1) is 15.3. The Balaban J connectivity index is 2.40. The summed E-state index contributed by atoms with van der Waals surface area (Å²) < 4.78 is 0. The molecule has 1 heterocycles. The highest BCUT2D eigenvalue weighted by atomic mass is 32.1. The van der Waals surface area contributed by atoms with E-state index < -0.39 is 0 Å². The van der Waals surface area contributed by atoms with Crippen LogP contribution in [-0.2, 0) is 0 Å². The Bertz CT molecular complexity index is 675. The predicted molar refractivity (Wildman–Crippen MR) is 85.9 cm³/mol. The lowest BCUT2D eigenvalue weighted by Crippen LogP contribution is -2.29. The van der Waals surface area contributed by atoms with E-state index in [4.69, 9.17) is 5.73 Å². The van der Waals surface area contributed by atoms with E-state index in [2.05, 4.69) is 5.32 Å². The largest absolute Gasteiger partial charge is 0.390 e. The number of carbonyl (C=O) groups is 2. The Labute approximate surface area is 128 Å². The third kappa shape index (κ3) is 3.13. The van der Waals surface area contributed by atoms with Crippen molar-refractivity contribution in [2.75, 3.05) is 5.73 Å². The molecule has 4 nitrogen and oxygen atoms in total. The van der Waals surface area contributed by atoms with Gasteiger partial charge >= 0.3 is 0 Å². The summed E-state index contributed by atoms with van der Waals surface area (Å²) in [5.74, 6) is -0.336. The van der Waals surface area contributed by atoms with Crippen LogP contribution in [0.2, 0.25) is 0 Å². The van der Waals surface area contributed by atoms with Crippen LogP contribution in [0.25, 0.3) is 0 Å². The molecular weight excluding hydrogens is 284 g/mol. The molecule has 3 N–H and O–H groups in total. The van der Waals surface area contributed by atoms with Crippen molar-refractivity contribution in [3.05, 3.63) is 51.9 Å². The molecule has 110 valence electrons. The third-order valence-electron chi connectivity index (χ3n) is 3.06. The van der Waals surface area contributed by atoms with Gasteiger partial charge in [0.1, 0.15) is 0 Å². The number of benzene rings is 1. The van der Waals surface area contributed by atoms with Crippen LogP contribution in [0, 0.1) is 6.92 Å². The van der Waals surface area contributed by atoms with Crippen molar-refractivity contribution in [1.82, 2.24) is 5.32 Å². The molecule has 0 bridgehead atoms. The lowest BCUT2D eigenvalue weighted by atomic mass is 10.0.